The summed E-state index contributed by atoms with van der Waals surface area (Å²) in [5.41, 5.74) is 1.09. The normalized spacial score (nSPS) is 24.2. The van der Waals surface area contributed by atoms with E-state index in [0.717, 1.165) is 18.8 Å². The van der Waals surface area contributed by atoms with Crippen molar-refractivity contribution < 1.29 is 8.42 Å². The molecule has 1 atom stereocenters. The molecule has 94 valence electrons. The Bertz CT molecular complexity index is 402. The highest BCUT2D eigenvalue weighted by Crippen LogP contribution is 2.41. The van der Waals surface area contributed by atoms with Gasteiger partial charge in [0, 0.05) is 18.8 Å². The molecule has 1 unspecified atom stereocenters. The lowest BCUT2D eigenvalue weighted by molar-refractivity contribution is 0.369. The maximum atomic E-state index is 12.1. The van der Waals surface area contributed by atoms with Gasteiger partial charge in [0.05, 0.1) is 17.9 Å². The molecule has 0 aromatic heterocycles. The minimum absolute atomic E-state index is 0.195. The van der Waals surface area contributed by atoms with E-state index < -0.39 is 17.9 Å². The first-order chi connectivity index (χ1) is 7.17. The number of hydrogen-bond donors (Lipinski definition) is 0. The highest BCUT2D eigenvalue weighted by molar-refractivity contribution is 7.99. The maximum absolute atomic E-state index is 12.1. The zero-order chi connectivity index (χ0) is 12.7. The van der Waals surface area contributed by atoms with Gasteiger partial charge in [-0.05, 0) is 20.8 Å². The molecule has 0 aromatic rings. The second-order valence-corrected chi connectivity index (χ2v) is 13.3. The molecule has 1 rings (SSSR count). The van der Waals surface area contributed by atoms with Gasteiger partial charge in [0.15, 0.2) is 9.84 Å². The molecule has 16 heavy (non-hydrogen) atoms. The van der Waals surface area contributed by atoms with Gasteiger partial charge in [0.2, 0.25) is 0 Å². The summed E-state index contributed by atoms with van der Waals surface area (Å²) in [6, 6.07) is 0. The first-order valence-electron chi connectivity index (χ1n) is 5.87. The Morgan fingerprint density at radius 2 is 1.62 bits per heavy atom. The zero-order valence-electron chi connectivity index (χ0n) is 11.2. The zero-order valence-corrected chi connectivity index (χ0v) is 13.0. The summed E-state index contributed by atoms with van der Waals surface area (Å²) in [7, 11) is -4.67. The Kier molecular flexibility index (Phi) is 3.60. The molecule has 1 aliphatic rings. The van der Waals surface area contributed by atoms with E-state index in [2.05, 4.69) is 38.4 Å². The van der Waals surface area contributed by atoms with Gasteiger partial charge in [-0.3, -0.25) is 0 Å². The van der Waals surface area contributed by atoms with Crippen molar-refractivity contribution in [1.82, 2.24) is 4.90 Å². The summed E-state index contributed by atoms with van der Waals surface area (Å²) in [6.45, 7) is 14.1. The monoisotopic (exact) mass is 261 g/mol. The molecule has 1 aliphatic heterocycles. The van der Waals surface area contributed by atoms with Crippen LogP contribution in [0.15, 0.2) is 10.6 Å². The molecule has 1 heterocycles. The smallest absolute Gasteiger partial charge is 0.181 e. The molecule has 0 saturated heterocycles. The van der Waals surface area contributed by atoms with Crippen LogP contribution in [-0.4, -0.2) is 39.4 Å². The molecular weight excluding hydrogens is 238 g/mol. The van der Waals surface area contributed by atoms with Gasteiger partial charge in [-0.25, -0.2) is 8.42 Å². The van der Waals surface area contributed by atoms with Crippen molar-refractivity contribution >= 4 is 17.9 Å². The van der Waals surface area contributed by atoms with Crippen LogP contribution in [0.25, 0.3) is 0 Å². The summed E-state index contributed by atoms with van der Waals surface area (Å²) < 4.78 is 24.2. The Labute approximate surface area is 100 Å². The van der Waals surface area contributed by atoms with E-state index in [1.165, 1.54) is 0 Å². The first kappa shape index (κ1) is 13.8. The Balaban J connectivity index is 3.23. The summed E-state index contributed by atoms with van der Waals surface area (Å²) in [5.74, 6) is 0. The van der Waals surface area contributed by atoms with Gasteiger partial charge in [0.1, 0.15) is 0 Å². The van der Waals surface area contributed by atoms with Crippen molar-refractivity contribution in [3.63, 3.8) is 0 Å². The predicted molar refractivity (Wildman–Crippen MR) is 71.7 cm³/mol. The minimum Gasteiger partial charge on any atom is -0.374 e. The van der Waals surface area contributed by atoms with Crippen molar-refractivity contribution in [3.8, 4) is 0 Å². The third kappa shape index (κ3) is 1.95. The number of allylic oxidation sites excluding steroid dienone is 1. The molecule has 0 amide bonds. The molecule has 0 aliphatic carbocycles. The lowest BCUT2D eigenvalue weighted by Gasteiger charge is -2.44. The number of nitrogens with zero attached hydrogens (tertiary/aromatic N) is 1. The molecule has 0 spiro atoms. The Hall–Kier alpha value is -0.293. The molecule has 5 heteroatoms. The molecule has 0 bridgehead atoms. The SMILES string of the molecule is CCN(CC)C1=C(C)S(=O)(=O)C1[Si](C)(C)C. The highest BCUT2D eigenvalue weighted by atomic mass is 32.2. The van der Waals surface area contributed by atoms with Crippen molar-refractivity contribution in [2.75, 3.05) is 13.1 Å². The van der Waals surface area contributed by atoms with Gasteiger partial charge in [-0.15, -0.1) is 0 Å². The van der Waals surface area contributed by atoms with Crippen molar-refractivity contribution in [1.29, 1.82) is 0 Å². The maximum Gasteiger partial charge on any atom is 0.181 e. The third-order valence-corrected chi connectivity index (χ3v) is 10.0. The molecule has 0 N–H and O–H groups in total. The summed E-state index contributed by atoms with van der Waals surface area (Å²) in [5, 5.41) is 0. The Morgan fingerprint density at radius 3 is 1.94 bits per heavy atom. The molecular formula is C11H23NO2SSi. The van der Waals surface area contributed by atoms with Gasteiger partial charge >= 0.3 is 0 Å². The summed E-state index contributed by atoms with van der Waals surface area (Å²) in [4.78, 5) is 2.60. The van der Waals surface area contributed by atoms with Crippen LogP contribution in [0.4, 0.5) is 0 Å². The van der Waals surface area contributed by atoms with Crippen molar-refractivity contribution in [3.05, 3.63) is 10.6 Å². The van der Waals surface area contributed by atoms with E-state index in [4.69, 9.17) is 0 Å². The average molecular weight is 261 g/mol. The van der Waals surface area contributed by atoms with E-state index in [1.54, 1.807) is 6.92 Å². The van der Waals surface area contributed by atoms with Crippen LogP contribution in [-0.2, 0) is 9.84 Å². The highest BCUT2D eigenvalue weighted by Gasteiger charge is 2.51. The van der Waals surface area contributed by atoms with Crippen molar-refractivity contribution in [2.45, 2.75) is 45.3 Å². The van der Waals surface area contributed by atoms with E-state index in [0.29, 0.717) is 4.91 Å². The lowest BCUT2D eigenvalue weighted by Crippen LogP contribution is -2.56. The van der Waals surface area contributed by atoms with Crippen LogP contribution >= 0.6 is 0 Å². The quantitative estimate of drug-likeness (QED) is 0.728. The van der Waals surface area contributed by atoms with Gasteiger partial charge < -0.3 is 4.90 Å². The van der Waals surface area contributed by atoms with Crippen LogP contribution in [0.1, 0.15) is 20.8 Å². The van der Waals surface area contributed by atoms with Gasteiger partial charge in [-0.1, -0.05) is 19.6 Å². The molecule has 0 fully saturated rings. The second kappa shape index (κ2) is 4.18. The fourth-order valence-electron chi connectivity index (χ4n) is 2.42. The van der Waals surface area contributed by atoms with Crippen molar-refractivity contribution in [2.24, 2.45) is 0 Å². The van der Waals surface area contributed by atoms with E-state index in [9.17, 15) is 8.42 Å². The number of rotatable bonds is 4. The second-order valence-electron chi connectivity index (χ2n) is 5.40. The summed E-state index contributed by atoms with van der Waals surface area (Å²) >= 11 is 0. The predicted octanol–water partition coefficient (Wildman–Crippen LogP) is 2.23. The fraction of sp³-hybridized carbons (Fsp3) is 0.818. The first-order valence-corrected chi connectivity index (χ1v) is 11.0. The largest absolute Gasteiger partial charge is 0.374 e. The third-order valence-electron chi connectivity index (χ3n) is 3.24. The topological polar surface area (TPSA) is 37.4 Å². The average Bonchev–Trinajstić information content (AvgIpc) is 2.15. The van der Waals surface area contributed by atoms with Crippen LogP contribution < -0.4 is 0 Å². The molecule has 0 radical (unpaired) electrons. The number of sulfone groups is 1. The van der Waals surface area contributed by atoms with Gasteiger partial charge in [0.25, 0.3) is 0 Å². The van der Waals surface area contributed by atoms with E-state index >= 15 is 0 Å². The summed E-state index contributed by atoms with van der Waals surface area (Å²) in [6.07, 6.45) is 0. The van der Waals surface area contributed by atoms with Crippen LogP contribution in [0, 0.1) is 0 Å². The number of hydrogen-bond acceptors (Lipinski definition) is 3. The van der Waals surface area contributed by atoms with Crippen LogP contribution in [0.5, 0.6) is 0 Å². The van der Waals surface area contributed by atoms with Crippen LogP contribution in [0.3, 0.4) is 0 Å². The van der Waals surface area contributed by atoms with E-state index in [1.807, 2.05) is 0 Å². The minimum atomic E-state index is -2.97. The van der Waals surface area contributed by atoms with Gasteiger partial charge in [-0.2, -0.15) is 0 Å². The molecule has 0 saturated carbocycles. The lowest BCUT2D eigenvalue weighted by atomic mass is 10.3. The standard InChI is InChI=1S/C11H23NO2SSi/c1-7-12(8-2)10-9(3)15(13,14)11(10)16(4,5)6/h11H,7-8H2,1-6H3. The fourth-order valence-corrected chi connectivity index (χ4v) is 9.33. The Morgan fingerprint density at radius 1 is 1.19 bits per heavy atom. The van der Waals surface area contributed by atoms with E-state index in [-0.39, 0.29) is 4.87 Å². The van der Waals surface area contributed by atoms with Crippen LogP contribution in [0.2, 0.25) is 19.6 Å². The molecule has 3 nitrogen and oxygen atoms in total. The molecule has 0 aromatic carbocycles.